The van der Waals surface area contributed by atoms with Gasteiger partial charge in [0.1, 0.15) is 0 Å². The molecule has 240 valence electrons. The molecule has 51 heavy (non-hydrogen) atoms. The van der Waals surface area contributed by atoms with Crippen LogP contribution in [0.4, 0.5) is 0 Å². The first-order valence-electron chi connectivity index (χ1n) is 17.5. The molecular formula is C48H33N3. The Hall–Kier alpha value is -6.45. The first-order valence-corrected chi connectivity index (χ1v) is 17.5. The van der Waals surface area contributed by atoms with Gasteiger partial charge < -0.3 is 0 Å². The van der Waals surface area contributed by atoms with E-state index in [0.29, 0.717) is 17.5 Å². The lowest BCUT2D eigenvalue weighted by Crippen LogP contribution is -2.14. The summed E-state index contributed by atoms with van der Waals surface area (Å²) in [5.74, 6) is 1.98. The molecule has 3 heteroatoms. The summed E-state index contributed by atoms with van der Waals surface area (Å²) in [6.45, 7) is 4.67. The van der Waals surface area contributed by atoms with E-state index in [1.54, 1.807) is 0 Å². The molecule has 0 saturated heterocycles. The van der Waals surface area contributed by atoms with Crippen molar-refractivity contribution in [3.05, 3.63) is 175 Å². The third-order valence-electron chi connectivity index (χ3n) is 10.7. The minimum absolute atomic E-state index is 0.0646. The number of aromatic nitrogens is 3. The van der Waals surface area contributed by atoms with Crippen LogP contribution < -0.4 is 0 Å². The van der Waals surface area contributed by atoms with Crippen molar-refractivity contribution >= 4 is 32.3 Å². The molecule has 1 aromatic heterocycles. The SMILES string of the molecule is CC1(C)c2ccccc2-c2c(-c3ccc4cccc(-c5nc(-c6cccc7ccccc67)nc(-c6cccc7ccccc67)n5)c4c3)cccc21. The van der Waals surface area contributed by atoms with Crippen LogP contribution in [0.15, 0.2) is 164 Å². The molecular weight excluding hydrogens is 619 g/mol. The van der Waals surface area contributed by atoms with Crippen molar-refractivity contribution in [2.24, 2.45) is 0 Å². The molecule has 0 N–H and O–H groups in total. The van der Waals surface area contributed by atoms with Crippen molar-refractivity contribution in [3.8, 4) is 56.4 Å². The molecule has 1 heterocycles. The molecule has 0 saturated carbocycles. The standard InChI is InChI=1S/C48H33N3/c1-48(2)42-25-8-7-20-40(42)44-36(21-12-26-43(44)48)33-28-27-32-17-11-24-39(41(32)29-33)47-50-45(37-22-9-15-30-13-3-5-18-34(30)37)49-46(51-47)38-23-10-16-31-14-4-6-19-35(31)38/h3-29H,1-2H3. The number of benzene rings is 8. The van der Waals surface area contributed by atoms with Gasteiger partial charge >= 0.3 is 0 Å². The van der Waals surface area contributed by atoms with Crippen LogP contribution in [0.5, 0.6) is 0 Å². The Balaban J connectivity index is 1.22. The molecule has 8 aromatic carbocycles. The summed E-state index contributed by atoms with van der Waals surface area (Å²) in [6, 6.07) is 58.4. The van der Waals surface area contributed by atoms with E-state index in [1.165, 1.54) is 33.4 Å². The van der Waals surface area contributed by atoms with E-state index in [9.17, 15) is 0 Å². The van der Waals surface area contributed by atoms with Gasteiger partial charge in [-0.25, -0.2) is 15.0 Å². The lowest BCUT2D eigenvalue weighted by atomic mass is 9.82. The highest BCUT2D eigenvalue weighted by Gasteiger charge is 2.36. The average Bonchev–Trinajstić information content (AvgIpc) is 3.43. The Morgan fingerprint density at radius 1 is 0.353 bits per heavy atom. The highest BCUT2D eigenvalue weighted by Crippen LogP contribution is 2.52. The molecule has 0 spiro atoms. The number of hydrogen-bond donors (Lipinski definition) is 0. The molecule has 3 nitrogen and oxygen atoms in total. The molecule has 0 fully saturated rings. The van der Waals surface area contributed by atoms with Gasteiger partial charge in [0.25, 0.3) is 0 Å². The second kappa shape index (κ2) is 11.3. The van der Waals surface area contributed by atoms with Crippen molar-refractivity contribution in [2.75, 3.05) is 0 Å². The van der Waals surface area contributed by atoms with E-state index in [2.05, 4.69) is 178 Å². The first kappa shape index (κ1) is 29.5. The van der Waals surface area contributed by atoms with Crippen molar-refractivity contribution in [3.63, 3.8) is 0 Å². The summed E-state index contributed by atoms with van der Waals surface area (Å²) in [7, 11) is 0. The molecule has 0 aliphatic heterocycles. The predicted molar refractivity (Wildman–Crippen MR) is 212 cm³/mol. The van der Waals surface area contributed by atoms with Crippen LogP contribution in [0.25, 0.3) is 88.7 Å². The van der Waals surface area contributed by atoms with Crippen molar-refractivity contribution in [2.45, 2.75) is 19.3 Å². The molecule has 1 aliphatic carbocycles. The average molecular weight is 652 g/mol. The summed E-state index contributed by atoms with van der Waals surface area (Å²) in [5.41, 5.74) is 10.7. The maximum atomic E-state index is 5.27. The van der Waals surface area contributed by atoms with Gasteiger partial charge in [0.15, 0.2) is 17.5 Å². The second-order valence-corrected chi connectivity index (χ2v) is 14.0. The normalized spacial score (nSPS) is 13.1. The number of fused-ring (bicyclic) bond motifs is 6. The van der Waals surface area contributed by atoms with E-state index in [-0.39, 0.29) is 5.41 Å². The number of hydrogen-bond acceptors (Lipinski definition) is 3. The minimum atomic E-state index is -0.0646. The third kappa shape index (κ3) is 4.62. The predicted octanol–water partition coefficient (Wildman–Crippen LogP) is 12.3. The minimum Gasteiger partial charge on any atom is -0.208 e. The summed E-state index contributed by atoms with van der Waals surface area (Å²) < 4.78 is 0. The summed E-state index contributed by atoms with van der Waals surface area (Å²) in [5, 5.41) is 6.78. The second-order valence-electron chi connectivity index (χ2n) is 14.0. The summed E-state index contributed by atoms with van der Waals surface area (Å²) in [4.78, 5) is 15.7. The molecule has 10 rings (SSSR count). The Labute approximate surface area is 297 Å². The van der Waals surface area contributed by atoms with Crippen LogP contribution in [0, 0.1) is 0 Å². The lowest BCUT2D eigenvalue weighted by molar-refractivity contribution is 0.660. The van der Waals surface area contributed by atoms with E-state index in [1.807, 2.05) is 0 Å². The first-order chi connectivity index (χ1) is 25.0. The Bertz CT molecular complexity index is 2740. The summed E-state index contributed by atoms with van der Waals surface area (Å²) >= 11 is 0. The number of nitrogens with zero attached hydrogens (tertiary/aromatic N) is 3. The van der Waals surface area contributed by atoms with Gasteiger partial charge in [-0.15, -0.1) is 0 Å². The molecule has 0 radical (unpaired) electrons. The fraction of sp³-hybridized carbons (Fsp3) is 0.0625. The fourth-order valence-electron chi connectivity index (χ4n) is 8.21. The van der Waals surface area contributed by atoms with Crippen LogP contribution in [-0.4, -0.2) is 15.0 Å². The van der Waals surface area contributed by atoms with E-state index < -0.39 is 0 Å². The Morgan fingerprint density at radius 3 is 1.41 bits per heavy atom. The smallest absolute Gasteiger partial charge is 0.164 e. The van der Waals surface area contributed by atoms with E-state index >= 15 is 0 Å². The van der Waals surface area contributed by atoms with Crippen LogP contribution in [0.1, 0.15) is 25.0 Å². The zero-order chi connectivity index (χ0) is 34.1. The van der Waals surface area contributed by atoms with E-state index in [0.717, 1.165) is 49.0 Å². The van der Waals surface area contributed by atoms with Crippen molar-refractivity contribution in [1.82, 2.24) is 15.0 Å². The van der Waals surface area contributed by atoms with E-state index in [4.69, 9.17) is 15.0 Å². The van der Waals surface area contributed by atoms with Crippen LogP contribution in [0.3, 0.4) is 0 Å². The van der Waals surface area contributed by atoms with Gasteiger partial charge in [0.2, 0.25) is 0 Å². The van der Waals surface area contributed by atoms with Gasteiger partial charge in [-0.2, -0.15) is 0 Å². The largest absolute Gasteiger partial charge is 0.208 e. The Kier molecular flexibility index (Phi) is 6.53. The maximum absolute atomic E-state index is 5.27. The van der Waals surface area contributed by atoms with Gasteiger partial charge in [-0.3, -0.25) is 0 Å². The number of rotatable bonds is 4. The quantitative estimate of drug-likeness (QED) is 0.190. The van der Waals surface area contributed by atoms with Crippen molar-refractivity contribution < 1.29 is 0 Å². The van der Waals surface area contributed by atoms with Crippen molar-refractivity contribution in [1.29, 1.82) is 0 Å². The topological polar surface area (TPSA) is 38.7 Å². The Morgan fingerprint density at radius 2 is 0.784 bits per heavy atom. The molecule has 0 unspecified atom stereocenters. The lowest BCUT2D eigenvalue weighted by Gasteiger charge is -2.21. The zero-order valence-corrected chi connectivity index (χ0v) is 28.4. The fourth-order valence-corrected chi connectivity index (χ4v) is 8.21. The van der Waals surface area contributed by atoms with Crippen LogP contribution in [-0.2, 0) is 5.41 Å². The van der Waals surface area contributed by atoms with Crippen LogP contribution >= 0.6 is 0 Å². The molecule has 0 bridgehead atoms. The summed E-state index contributed by atoms with van der Waals surface area (Å²) in [6.07, 6.45) is 0. The highest BCUT2D eigenvalue weighted by atomic mass is 15.0. The van der Waals surface area contributed by atoms with Crippen LogP contribution in [0.2, 0.25) is 0 Å². The van der Waals surface area contributed by atoms with Gasteiger partial charge in [0, 0.05) is 22.1 Å². The highest BCUT2D eigenvalue weighted by molar-refractivity contribution is 6.02. The third-order valence-corrected chi connectivity index (χ3v) is 10.7. The monoisotopic (exact) mass is 651 g/mol. The zero-order valence-electron chi connectivity index (χ0n) is 28.4. The molecule has 0 amide bonds. The molecule has 1 aliphatic rings. The van der Waals surface area contributed by atoms with Gasteiger partial charge in [0.05, 0.1) is 0 Å². The van der Waals surface area contributed by atoms with Gasteiger partial charge in [-0.1, -0.05) is 172 Å². The van der Waals surface area contributed by atoms with Gasteiger partial charge in [-0.05, 0) is 71.8 Å². The molecule has 9 aromatic rings. The molecule has 0 atom stereocenters. The maximum Gasteiger partial charge on any atom is 0.164 e.